The van der Waals surface area contributed by atoms with E-state index in [-0.39, 0.29) is 30.7 Å². The Labute approximate surface area is 454 Å². The number of aliphatic hydroxyl groups excluding tert-OH is 2. The molecule has 2 aliphatic carbocycles. The molecule has 4 aliphatic rings. The Morgan fingerprint density at radius 1 is 0.605 bits per heavy atom. The number of carbonyl (C=O) groups is 4. The van der Waals surface area contributed by atoms with Crippen molar-refractivity contribution in [2.45, 2.75) is 95.3 Å². The van der Waals surface area contributed by atoms with E-state index < -0.39 is 41.7 Å². The molecule has 1 amide bonds. The lowest BCUT2D eigenvalue weighted by Gasteiger charge is -2.28. The highest BCUT2D eigenvalue weighted by atomic mass is 35.5. The van der Waals surface area contributed by atoms with Gasteiger partial charge in [-0.2, -0.15) is 0 Å². The van der Waals surface area contributed by atoms with Gasteiger partial charge in [-0.15, -0.1) is 0 Å². The summed E-state index contributed by atoms with van der Waals surface area (Å²) < 4.78 is 11.5. The molecule has 2 saturated heterocycles. The molecule has 0 unspecified atom stereocenters. The number of benzene rings is 4. The maximum atomic E-state index is 13.0. The molecule has 0 radical (unpaired) electrons. The van der Waals surface area contributed by atoms with E-state index in [1.165, 1.54) is 25.0 Å². The average Bonchev–Trinajstić information content (AvgIpc) is 4.33. The van der Waals surface area contributed by atoms with Gasteiger partial charge < -0.3 is 45.6 Å². The molecule has 4 fully saturated rings. The van der Waals surface area contributed by atoms with Crippen LogP contribution >= 0.6 is 23.2 Å². The second kappa shape index (κ2) is 27.5. The molecule has 2 aliphatic heterocycles. The number of rotatable bonds is 19. The molecule has 10 rings (SSSR count). The quantitative estimate of drug-likeness (QED) is 0.0377. The molecule has 4 atom stereocenters. The summed E-state index contributed by atoms with van der Waals surface area (Å²) in [6.45, 7) is 5.08. The van der Waals surface area contributed by atoms with Gasteiger partial charge in [-0.1, -0.05) is 103 Å². The standard InChI is InChI=1S/C29H30ClN3O4.C16H23ClN2O2.C13H9NO3.CH4/c30-23-17-21(10-13-26(23)37-22-11-12-22)27(34)25(18-33-15-3-4-16-33)32-29(36)28(35)20-8-6-19(7-9-20)24-5-1-2-14-31-24;17-13-9-11(3-6-15(13)21-12-4-5-12)16(20)14(18)10-19-7-1-2-8-19;15-12(13(16)17)10-6-4-9(5-7-10)11-3-1-2-8-14-11;/h1-2,5-10,13-14,17,22,25,27,34H,3-4,11-12,15-16,18H2,(H,32,36);3,6,9,12,14,16,20H,1-2,4-5,7-8,10,18H2;1-8H,(H,16,17);1H4/t25-,27-;14-,16-;;/m11../s1. The summed E-state index contributed by atoms with van der Waals surface area (Å²) in [4.78, 5) is 60.6. The summed E-state index contributed by atoms with van der Waals surface area (Å²) in [5.41, 5.74) is 11.2. The molecule has 400 valence electrons. The fraction of sp³-hybridized carbons (Fsp3) is 0.356. The second-order valence-electron chi connectivity index (χ2n) is 19.2. The van der Waals surface area contributed by atoms with Crippen LogP contribution in [0.25, 0.3) is 22.5 Å². The van der Waals surface area contributed by atoms with Crippen LogP contribution in [0, 0.1) is 0 Å². The zero-order valence-electron chi connectivity index (χ0n) is 41.5. The molecule has 4 heterocycles. The summed E-state index contributed by atoms with van der Waals surface area (Å²) in [6.07, 6.45) is 11.0. The average molecular weight is 1070 g/mol. The first-order chi connectivity index (χ1) is 36.3. The van der Waals surface area contributed by atoms with Crippen molar-refractivity contribution in [3.8, 4) is 34.0 Å². The lowest BCUT2D eigenvalue weighted by molar-refractivity contribution is -0.131. The molecule has 4 aromatic carbocycles. The van der Waals surface area contributed by atoms with Crippen LogP contribution in [-0.2, 0) is 9.59 Å². The van der Waals surface area contributed by atoms with Gasteiger partial charge in [-0.3, -0.25) is 24.4 Å². The van der Waals surface area contributed by atoms with Crippen molar-refractivity contribution in [3.05, 3.63) is 166 Å². The van der Waals surface area contributed by atoms with E-state index in [9.17, 15) is 29.4 Å². The number of nitrogens with zero attached hydrogens (tertiary/aromatic N) is 4. The smallest absolute Gasteiger partial charge is 0.377 e. The van der Waals surface area contributed by atoms with E-state index in [0.29, 0.717) is 39.8 Å². The lowest BCUT2D eigenvalue weighted by atomic mass is 10.0. The summed E-state index contributed by atoms with van der Waals surface area (Å²) >= 11 is 12.7. The molecule has 17 heteroatoms. The molecule has 76 heavy (non-hydrogen) atoms. The Hall–Kier alpha value is -6.56. The van der Waals surface area contributed by atoms with Crippen molar-refractivity contribution in [3.63, 3.8) is 0 Å². The number of ketones is 2. The van der Waals surface area contributed by atoms with Crippen molar-refractivity contribution in [2.75, 3.05) is 39.3 Å². The summed E-state index contributed by atoms with van der Waals surface area (Å²) in [5, 5.41) is 34.0. The van der Waals surface area contributed by atoms with Crippen LogP contribution in [-0.4, -0.2) is 122 Å². The third-order valence-corrected chi connectivity index (χ3v) is 13.9. The molecule has 0 spiro atoms. The third-order valence-electron chi connectivity index (χ3n) is 13.3. The van der Waals surface area contributed by atoms with Crippen molar-refractivity contribution >= 4 is 46.6 Å². The number of Topliss-reactive ketones (excluding diaryl/α,β-unsaturated/α-hetero) is 2. The van der Waals surface area contributed by atoms with E-state index >= 15 is 0 Å². The van der Waals surface area contributed by atoms with Gasteiger partial charge in [0.15, 0.2) is 0 Å². The Bertz CT molecular complexity index is 2860. The minimum atomic E-state index is -1.45. The maximum Gasteiger partial charge on any atom is 0.377 e. The third kappa shape index (κ3) is 16.2. The highest BCUT2D eigenvalue weighted by Gasteiger charge is 2.31. The number of carbonyl (C=O) groups excluding carboxylic acids is 3. The Kier molecular flexibility index (Phi) is 20.7. The number of carboxylic acid groups (broad SMARTS) is 1. The number of aliphatic carboxylic acids is 1. The molecule has 0 bridgehead atoms. The van der Waals surface area contributed by atoms with Crippen LogP contribution < -0.4 is 20.5 Å². The fourth-order valence-electron chi connectivity index (χ4n) is 8.77. The molecule has 6 aromatic rings. The van der Waals surface area contributed by atoms with Gasteiger partial charge in [0.1, 0.15) is 17.6 Å². The molecular formula is C59H66Cl2N6O9. The predicted molar refractivity (Wildman–Crippen MR) is 294 cm³/mol. The van der Waals surface area contributed by atoms with Crippen molar-refractivity contribution < 1.29 is 44.0 Å². The van der Waals surface area contributed by atoms with Crippen LogP contribution in [0.2, 0.25) is 10.0 Å². The van der Waals surface area contributed by atoms with E-state index in [1.54, 1.807) is 73.1 Å². The number of carboxylic acids is 1. The van der Waals surface area contributed by atoms with Gasteiger partial charge in [-0.25, -0.2) is 4.79 Å². The largest absolute Gasteiger partial charge is 0.489 e. The van der Waals surface area contributed by atoms with Crippen LogP contribution in [0.4, 0.5) is 0 Å². The fourth-order valence-corrected chi connectivity index (χ4v) is 9.24. The number of halogens is 2. The van der Waals surface area contributed by atoms with E-state index in [2.05, 4.69) is 25.1 Å². The lowest BCUT2D eigenvalue weighted by Crippen LogP contribution is -2.48. The topological polar surface area (TPSA) is 218 Å². The molecule has 2 saturated carbocycles. The summed E-state index contributed by atoms with van der Waals surface area (Å²) in [5.74, 6) is -2.48. The highest BCUT2D eigenvalue weighted by molar-refractivity contribution is 6.43. The van der Waals surface area contributed by atoms with Gasteiger partial charge in [0.2, 0.25) is 5.78 Å². The van der Waals surface area contributed by atoms with Crippen molar-refractivity contribution in [1.82, 2.24) is 25.1 Å². The number of aromatic nitrogens is 2. The maximum absolute atomic E-state index is 13.0. The van der Waals surface area contributed by atoms with E-state index in [0.717, 1.165) is 99.3 Å². The van der Waals surface area contributed by atoms with Crippen LogP contribution in [0.15, 0.2) is 134 Å². The van der Waals surface area contributed by atoms with Gasteiger partial charge in [0.05, 0.1) is 45.8 Å². The molecular weight excluding hydrogens is 1010 g/mol. The minimum absolute atomic E-state index is 0. The van der Waals surface area contributed by atoms with E-state index in [4.69, 9.17) is 43.5 Å². The monoisotopic (exact) mass is 1070 g/mol. The Morgan fingerprint density at radius 2 is 1.04 bits per heavy atom. The highest BCUT2D eigenvalue weighted by Crippen LogP contribution is 2.36. The van der Waals surface area contributed by atoms with Crippen molar-refractivity contribution in [2.24, 2.45) is 5.73 Å². The van der Waals surface area contributed by atoms with Crippen LogP contribution in [0.3, 0.4) is 0 Å². The summed E-state index contributed by atoms with van der Waals surface area (Å²) in [6, 6.07) is 33.9. The molecule has 15 nitrogen and oxygen atoms in total. The Morgan fingerprint density at radius 3 is 1.45 bits per heavy atom. The predicted octanol–water partition coefficient (Wildman–Crippen LogP) is 9.43. The van der Waals surface area contributed by atoms with Gasteiger partial charge >= 0.3 is 5.97 Å². The number of ether oxygens (including phenoxy) is 2. The SMILES string of the molecule is C.N[C@H](CN1CCCC1)[C@H](O)c1ccc(OC2CC2)c(Cl)c1.O=C(N[C@H](CN1CCCC1)[C@H](O)c1ccc(OC2CC2)c(Cl)c1)C(=O)c1ccc(-c2ccccn2)cc1.O=C(O)C(=O)c1ccc(-c2ccccn2)cc1. The normalized spacial score (nSPS) is 16.8. The number of hydrogen-bond acceptors (Lipinski definition) is 13. The number of aliphatic hydroxyl groups is 2. The number of pyridine rings is 2. The van der Waals surface area contributed by atoms with Crippen LogP contribution in [0.5, 0.6) is 11.5 Å². The first-order valence-electron chi connectivity index (χ1n) is 25.4. The number of amides is 1. The first-order valence-corrected chi connectivity index (χ1v) is 26.2. The van der Waals surface area contributed by atoms with Crippen LogP contribution in [0.1, 0.15) is 103 Å². The Balaban J connectivity index is 0.000000182. The van der Waals surface area contributed by atoms with Gasteiger partial charge in [0.25, 0.3) is 11.7 Å². The first kappa shape index (κ1) is 57.2. The number of nitrogens with two attached hydrogens (primary N) is 1. The zero-order chi connectivity index (χ0) is 52.8. The van der Waals surface area contributed by atoms with Gasteiger partial charge in [-0.05, 0) is 137 Å². The van der Waals surface area contributed by atoms with Gasteiger partial charge in [0, 0.05) is 53.8 Å². The molecule has 6 N–H and O–H groups in total. The van der Waals surface area contributed by atoms with E-state index in [1.807, 2.05) is 48.5 Å². The molecule has 2 aromatic heterocycles. The number of nitrogens with one attached hydrogen (secondary N) is 1. The minimum Gasteiger partial charge on any atom is -0.489 e. The summed E-state index contributed by atoms with van der Waals surface area (Å²) in [7, 11) is 0. The number of likely N-dealkylation sites (tertiary alicyclic amines) is 2. The second-order valence-corrected chi connectivity index (χ2v) is 20.0. The van der Waals surface area contributed by atoms with Crippen molar-refractivity contribution in [1.29, 1.82) is 0 Å². The number of hydrogen-bond donors (Lipinski definition) is 5. The zero-order valence-corrected chi connectivity index (χ0v) is 43.0.